The number of anilines is 1. The molecule has 0 atom stereocenters. The fourth-order valence-electron chi connectivity index (χ4n) is 3.22. The van der Waals surface area contributed by atoms with Crippen LogP contribution >= 0.6 is 23.7 Å². The Bertz CT molecular complexity index is 974. The van der Waals surface area contributed by atoms with Gasteiger partial charge in [0, 0.05) is 18.7 Å². The van der Waals surface area contributed by atoms with Crippen LogP contribution in [0.4, 0.5) is 5.13 Å². The average molecular weight is 464 g/mol. The van der Waals surface area contributed by atoms with E-state index >= 15 is 0 Å². The predicted octanol–water partition coefficient (Wildman–Crippen LogP) is 5.11. The van der Waals surface area contributed by atoms with Crippen LogP contribution in [0.15, 0.2) is 42.5 Å². The van der Waals surface area contributed by atoms with Crippen molar-refractivity contribution in [3.05, 3.63) is 48.0 Å². The lowest BCUT2D eigenvalue weighted by Crippen LogP contribution is -2.38. The Kier molecular flexibility index (Phi) is 9.55. The molecule has 1 aromatic heterocycles. The quantitative estimate of drug-likeness (QED) is 0.418. The number of aromatic nitrogens is 1. The van der Waals surface area contributed by atoms with Crippen LogP contribution in [0.2, 0.25) is 0 Å². The number of fused-ring (bicyclic) bond motifs is 1. The minimum atomic E-state index is -0.0591. The van der Waals surface area contributed by atoms with Crippen molar-refractivity contribution in [3.8, 4) is 11.5 Å². The third-order valence-corrected chi connectivity index (χ3v) is 6.05. The van der Waals surface area contributed by atoms with Gasteiger partial charge in [0.1, 0.15) is 11.5 Å². The van der Waals surface area contributed by atoms with Crippen molar-refractivity contribution in [2.24, 2.45) is 0 Å². The van der Waals surface area contributed by atoms with Gasteiger partial charge in [0.25, 0.3) is 5.91 Å². The number of carbonyl (C=O) groups excluding carboxylic acids is 1. The Morgan fingerprint density at radius 3 is 2.29 bits per heavy atom. The summed E-state index contributed by atoms with van der Waals surface area (Å²) in [6, 6.07) is 13.1. The fourth-order valence-corrected chi connectivity index (χ4v) is 4.24. The average Bonchev–Trinajstić information content (AvgIpc) is 3.20. The number of ether oxygens (including phenoxy) is 2. The van der Waals surface area contributed by atoms with Crippen LogP contribution in [-0.2, 0) is 0 Å². The van der Waals surface area contributed by atoms with Crippen molar-refractivity contribution in [1.82, 2.24) is 9.88 Å². The van der Waals surface area contributed by atoms with Crippen LogP contribution in [-0.4, -0.2) is 55.7 Å². The Morgan fingerprint density at radius 1 is 1.00 bits per heavy atom. The molecule has 0 radical (unpaired) electrons. The van der Waals surface area contributed by atoms with Gasteiger partial charge in [0.05, 0.1) is 23.9 Å². The van der Waals surface area contributed by atoms with Gasteiger partial charge in [-0.25, -0.2) is 4.98 Å². The van der Waals surface area contributed by atoms with E-state index in [1.807, 2.05) is 49.4 Å². The highest BCUT2D eigenvalue weighted by atomic mass is 35.5. The van der Waals surface area contributed by atoms with Crippen LogP contribution in [0.25, 0.3) is 10.2 Å². The number of carbonyl (C=O) groups is 1. The second kappa shape index (κ2) is 11.9. The number of benzene rings is 2. The number of methoxy groups -OCH3 is 1. The van der Waals surface area contributed by atoms with E-state index in [0.29, 0.717) is 23.8 Å². The number of amides is 1. The third-order valence-electron chi connectivity index (χ3n) is 5.01. The molecule has 0 spiro atoms. The topological polar surface area (TPSA) is 54.9 Å². The highest BCUT2D eigenvalue weighted by Crippen LogP contribution is 2.32. The SMILES string of the molecule is CCOc1ccc(C(=O)N(CCN(CC)CC)c2nc3ccc(OC)cc3s2)cc1.Cl. The van der Waals surface area contributed by atoms with Gasteiger partial charge in [-0.2, -0.15) is 0 Å². The van der Waals surface area contributed by atoms with E-state index in [-0.39, 0.29) is 18.3 Å². The number of hydrogen-bond donors (Lipinski definition) is 0. The Balaban J connectivity index is 0.00000341. The molecule has 0 aliphatic carbocycles. The maximum atomic E-state index is 13.4. The van der Waals surface area contributed by atoms with Crippen molar-refractivity contribution >= 4 is 45.0 Å². The second-order valence-corrected chi connectivity index (χ2v) is 7.78. The Labute approximate surface area is 194 Å². The fraction of sp³-hybridized carbons (Fsp3) is 0.391. The first kappa shape index (κ1) is 24.9. The first-order chi connectivity index (χ1) is 14.6. The molecule has 8 heteroatoms. The standard InChI is InChI=1S/C23H29N3O3S.ClH/c1-5-25(6-2)14-15-26(22(27)17-8-10-18(11-9-17)29-7-3)23-24-20-13-12-19(28-4)16-21(20)30-23;/h8-13,16H,5-7,14-15H2,1-4H3;1H. The minimum Gasteiger partial charge on any atom is -0.497 e. The molecule has 1 heterocycles. The van der Waals surface area contributed by atoms with Gasteiger partial charge >= 0.3 is 0 Å². The molecule has 168 valence electrons. The highest BCUT2D eigenvalue weighted by molar-refractivity contribution is 7.22. The van der Waals surface area contributed by atoms with Gasteiger partial charge in [-0.3, -0.25) is 9.69 Å². The maximum absolute atomic E-state index is 13.4. The molecule has 0 aliphatic heterocycles. The zero-order valence-electron chi connectivity index (χ0n) is 18.5. The second-order valence-electron chi connectivity index (χ2n) is 6.77. The van der Waals surface area contributed by atoms with E-state index in [1.165, 1.54) is 11.3 Å². The van der Waals surface area contributed by atoms with Crippen LogP contribution in [0.1, 0.15) is 31.1 Å². The normalized spacial score (nSPS) is 10.7. The molecule has 3 rings (SSSR count). The molecule has 0 fully saturated rings. The lowest BCUT2D eigenvalue weighted by atomic mass is 10.2. The van der Waals surface area contributed by atoms with Crippen molar-refractivity contribution in [1.29, 1.82) is 0 Å². The van der Waals surface area contributed by atoms with E-state index in [9.17, 15) is 4.79 Å². The van der Waals surface area contributed by atoms with E-state index in [1.54, 1.807) is 12.0 Å². The van der Waals surface area contributed by atoms with Crippen molar-refractivity contribution < 1.29 is 14.3 Å². The summed E-state index contributed by atoms with van der Waals surface area (Å²) in [5.41, 5.74) is 1.48. The molecule has 31 heavy (non-hydrogen) atoms. The number of hydrogen-bond acceptors (Lipinski definition) is 6. The molecule has 0 saturated carbocycles. The summed E-state index contributed by atoms with van der Waals surface area (Å²) >= 11 is 1.51. The Hall–Kier alpha value is -2.35. The van der Waals surface area contributed by atoms with Crippen molar-refractivity contribution in [2.75, 3.05) is 44.8 Å². The number of rotatable bonds is 10. The molecule has 3 aromatic rings. The molecule has 2 aromatic carbocycles. The largest absolute Gasteiger partial charge is 0.497 e. The zero-order chi connectivity index (χ0) is 21.5. The monoisotopic (exact) mass is 463 g/mol. The molecule has 6 nitrogen and oxygen atoms in total. The first-order valence-electron chi connectivity index (χ1n) is 10.3. The van der Waals surface area contributed by atoms with E-state index in [2.05, 4.69) is 18.7 Å². The molecule has 1 amide bonds. The van der Waals surface area contributed by atoms with Crippen molar-refractivity contribution in [3.63, 3.8) is 0 Å². The lowest BCUT2D eigenvalue weighted by Gasteiger charge is -2.24. The number of nitrogens with zero attached hydrogens (tertiary/aromatic N) is 3. The summed E-state index contributed by atoms with van der Waals surface area (Å²) < 4.78 is 11.8. The number of halogens is 1. The predicted molar refractivity (Wildman–Crippen MR) is 130 cm³/mol. The molecule has 0 N–H and O–H groups in total. The van der Waals surface area contributed by atoms with Crippen LogP contribution in [0.5, 0.6) is 11.5 Å². The van der Waals surface area contributed by atoms with E-state index in [0.717, 1.165) is 41.3 Å². The van der Waals surface area contributed by atoms with Crippen LogP contribution in [0, 0.1) is 0 Å². The van der Waals surface area contributed by atoms with E-state index in [4.69, 9.17) is 14.5 Å². The van der Waals surface area contributed by atoms with Gasteiger partial charge in [-0.15, -0.1) is 12.4 Å². The first-order valence-corrected chi connectivity index (χ1v) is 11.1. The third kappa shape index (κ3) is 6.09. The highest BCUT2D eigenvalue weighted by Gasteiger charge is 2.22. The summed E-state index contributed by atoms with van der Waals surface area (Å²) in [5, 5.41) is 0.698. The van der Waals surface area contributed by atoms with Crippen molar-refractivity contribution in [2.45, 2.75) is 20.8 Å². The minimum absolute atomic E-state index is 0. The molecule has 0 bridgehead atoms. The summed E-state index contributed by atoms with van der Waals surface area (Å²) in [5.74, 6) is 1.48. The van der Waals surface area contributed by atoms with Gasteiger partial charge in [0.15, 0.2) is 5.13 Å². The molecule has 0 unspecified atom stereocenters. The summed E-state index contributed by atoms with van der Waals surface area (Å²) in [6.45, 7) is 10.0. The zero-order valence-corrected chi connectivity index (χ0v) is 20.1. The number of thiazole rings is 1. The summed E-state index contributed by atoms with van der Waals surface area (Å²) in [6.07, 6.45) is 0. The molecule has 0 aliphatic rings. The van der Waals surface area contributed by atoms with Gasteiger partial charge in [-0.1, -0.05) is 25.2 Å². The molecule has 0 saturated heterocycles. The lowest BCUT2D eigenvalue weighted by molar-refractivity contribution is 0.0983. The summed E-state index contributed by atoms with van der Waals surface area (Å²) in [4.78, 5) is 22.2. The van der Waals surface area contributed by atoms with E-state index < -0.39 is 0 Å². The number of likely N-dealkylation sites (N-methyl/N-ethyl adjacent to an activating group) is 1. The van der Waals surface area contributed by atoms with Crippen LogP contribution < -0.4 is 14.4 Å². The van der Waals surface area contributed by atoms with Gasteiger partial charge in [0.2, 0.25) is 0 Å². The molecular formula is C23H30ClN3O3S. The smallest absolute Gasteiger partial charge is 0.260 e. The Morgan fingerprint density at radius 2 is 1.68 bits per heavy atom. The maximum Gasteiger partial charge on any atom is 0.260 e. The van der Waals surface area contributed by atoms with Gasteiger partial charge < -0.3 is 14.4 Å². The molecular weight excluding hydrogens is 434 g/mol. The van der Waals surface area contributed by atoms with Gasteiger partial charge in [-0.05, 0) is 62.5 Å². The van der Waals surface area contributed by atoms with Crippen LogP contribution in [0.3, 0.4) is 0 Å². The summed E-state index contributed by atoms with van der Waals surface area (Å²) in [7, 11) is 1.65.